The van der Waals surface area contributed by atoms with E-state index in [1.54, 1.807) is 12.1 Å². The summed E-state index contributed by atoms with van der Waals surface area (Å²) in [6.07, 6.45) is 0. The van der Waals surface area contributed by atoms with E-state index in [0.717, 1.165) is 6.07 Å². The molecule has 0 spiro atoms. The molecular formula is C19H22N2O8. The second-order valence-electron chi connectivity index (χ2n) is 5.70. The number of benzene rings is 2. The van der Waals surface area contributed by atoms with Crippen molar-refractivity contribution in [2.75, 3.05) is 35.5 Å². The maximum atomic E-state index is 12.6. The number of methoxy groups -OCH3 is 5. The number of nitro groups is 1. The minimum absolute atomic E-state index is 0.0705. The van der Waals surface area contributed by atoms with E-state index in [1.807, 2.05) is 0 Å². The zero-order valence-electron chi connectivity index (χ0n) is 16.7. The van der Waals surface area contributed by atoms with Crippen molar-refractivity contribution >= 4 is 11.6 Å². The maximum Gasteiger partial charge on any atom is 0.286 e. The van der Waals surface area contributed by atoms with Crippen molar-refractivity contribution in [2.24, 2.45) is 0 Å². The zero-order chi connectivity index (χ0) is 21.6. The molecule has 0 fully saturated rings. The summed E-state index contributed by atoms with van der Waals surface area (Å²) in [5.41, 5.74) is 0.0983. The fraction of sp³-hybridized carbons (Fsp3) is 0.316. The third-order valence-electron chi connectivity index (χ3n) is 4.12. The molecular weight excluding hydrogens is 384 g/mol. The Bertz CT molecular complexity index is 888. The van der Waals surface area contributed by atoms with Gasteiger partial charge in [0.25, 0.3) is 11.6 Å². The number of carbonyl (C=O) groups excluding carboxylic acids is 1. The van der Waals surface area contributed by atoms with Gasteiger partial charge < -0.3 is 29.0 Å². The van der Waals surface area contributed by atoms with Crippen molar-refractivity contribution in [1.82, 2.24) is 5.32 Å². The van der Waals surface area contributed by atoms with Crippen LogP contribution in [0.25, 0.3) is 0 Å². The number of rotatable bonds is 9. The molecule has 0 radical (unpaired) electrons. The molecule has 0 aromatic heterocycles. The van der Waals surface area contributed by atoms with E-state index < -0.39 is 16.5 Å². The molecule has 156 valence electrons. The summed E-state index contributed by atoms with van der Waals surface area (Å²) in [5.74, 6) is 0.977. The highest BCUT2D eigenvalue weighted by atomic mass is 16.6. The number of nitro benzene ring substituents is 1. The molecule has 2 aromatic carbocycles. The molecule has 0 atom stereocenters. The molecule has 2 rings (SSSR count). The second kappa shape index (κ2) is 9.49. The lowest BCUT2D eigenvalue weighted by atomic mass is 10.1. The molecule has 0 bridgehead atoms. The number of nitrogens with zero attached hydrogens (tertiary/aromatic N) is 1. The molecule has 0 aliphatic rings. The van der Waals surface area contributed by atoms with Crippen LogP contribution in [-0.4, -0.2) is 46.4 Å². The molecule has 0 aliphatic carbocycles. The van der Waals surface area contributed by atoms with Crippen LogP contribution in [0.4, 0.5) is 5.69 Å². The second-order valence-corrected chi connectivity index (χ2v) is 5.70. The van der Waals surface area contributed by atoms with E-state index in [2.05, 4.69) is 5.32 Å². The lowest BCUT2D eigenvalue weighted by molar-refractivity contribution is -0.385. The predicted molar refractivity (Wildman–Crippen MR) is 103 cm³/mol. The molecule has 29 heavy (non-hydrogen) atoms. The fourth-order valence-corrected chi connectivity index (χ4v) is 2.72. The van der Waals surface area contributed by atoms with Crippen LogP contribution in [0.3, 0.4) is 0 Å². The van der Waals surface area contributed by atoms with Crippen LogP contribution in [0.5, 0.6) is 28.7 Å². The molecule has 1 N–H and O–H groups in total. The normalized spacial score (nSPS) is 10.1. The number of nitrogens with one attached hydrogen (secondary N) is 1. The highest BCUT2D eigenvalue weighted by Crippen LogP contribution is 2.38. The van der Waals surface area contributed by atoms with Crippen molar-refractivity contribution in [2.45, 2.75) is 6.54 Å². The van der Waals surface area contributed by atoms with Crippen LogP contribution < -0.4 is 29.0 Å². The molecule has 2 aromatic rings. The Kier molecular flexibility index (Phi) is 7.07. The lowest BCUT2D eigenvalue weighted by Gasteiger charge is -2.15. The van der Waals surface area contributed by atoms with E-state index in [9.17, 15) is 14.9 Å². The molecule has 0 saturated carbocycles. The standard InChI is InChI=1S/C19H22N2O8/c1-25-14-8-12(13(21(23)24)9-15(14)26-2)19(22)20-10-11-6-16(27-3)18(29-5)17(7-11)28-4/h6-9H,10H2,1-5H3,(H,20,22). The lowest BCUT2D eigenvalue weighted by Crippen LogP contribution is -2.24. The number of hydrogen-bond acceptors (Lipinski definition) is 8. The van der Waals surface area contributed by atoms with Gasteiger partial charge in [-0.15, -0.1) is 0 Å². The zero-order valence-corrected chi connectivity index (χ0v) is 16.7. The molecule has 0 heterocycles. The average molecular weight is 406 g/mol. The van der Waals surface area contributed by atoms with Gasteiger partial charge in [-0.05, 0) is 17.7 Å². The molecule has 0 aliphatic heterocycles. The van der Waals surface area contributed by atoms with Gasteiger partial charge in [-0.1, -0.05) is 0 Å². The minimum atomic E-state index is -0.656. The topological polar surface area (TPSA) is 118 Å². The van der Waals surface area contributed by atoms with E-state index in [1.165, 1.54) is 41.6 Å². The van der Waals surface area contributed by atoms with Gasteiger partial charge in [0, 0.05) is 12.6 Å². The van der Waals surface area contributed by atoms with Crippen molar-refractivity contribution in [1.29, 1.82) is 0 Å². The number of amides is 1. The summed E-state index contributed by atoms with van der Waals surface area (Å²) in [4.78, 5) is 23.4. The SMILES string of the molecule is COc1cc(C(=O)NCc2cc(OC)c(OC)c(OC)c2)c([N+](=O)[O-])cc1OC. The van der Waals surface area contributed by atoms with Crippen molar-refractivity contribution in [3.63, 3.8) is 0 Å². The first kappa shape index (κ1) is 21.6. The third kappa shape index (κ3) is 4.60. The Hall–Kier alpha value is -3.69. The summed E-state index contributed by atoms with van der Waals surface area (Å²) in [6, 6.07) is 5.75. The first-order valence-corrected chi connectivity index (χ1v) is 8.37. The van der Waals surface area contributed by atoms with Gasteiger partial charge in [-0.2, -0.15) is 0 Å². The summed E-state index contributed by atoms with van der Waals surface area (Å²) in [6.45, 7) is 0.0705. The Morgan fingerprint density at radius 1 is 0.862 bits per heavy atom. The van der Waals surface area contributed by atoms with Gasteiger partial charge in [-0.3, -0.25) is 14.9 Å². The van der Waals surface area contributed by atoms with E-state index in [4.69, 9.17) is 23.7 Å². The van der Waals surface area contributed by atoms with Crippen LogP contribution in [0.2, 0.25) is 0 Å². The summed E-state index contributed by atoms with van der Waals surface area (Å²) >= 11 is 0. The molecule has 1 amide bonds. The predicted octanol–water partition coefficient (Wildman–Crippen LogP) is 2.57. The average Bonchev–Trinajstić information content (AvgIpc) is 2.75. The Labute approximate surface area is 167 Å². The minimum Gasteiger partial charge on any atom is -0.493 e. The number of ether oxygens (including phenoxy) is 5. The first-order valence-electron chi connectivity index (χ1n) is 8.37. The van der Waals surface area contributed by atoms with Gasteiger partial charge in [-0.25, -0.2) is 0 Å². The van der Waals surface area contributed by atoms with Crippen LogP contribution >= 0.6 is 0 Å². The van der Waals surface area contributed by atoms with Gasteiger partial charge in [0.1, 0.15) is 5.56 Å². The Balaban J connectivity index is 2.33. The monoisotopic (exact) mass is 406 g/mol. The molecule has 10 heteroatoms. The number of hydrogen-bond donors (Lipinski definition) is 1. The van der Waals surface area contributed by atoms with Crippen LogP contribution in [-0.2, 0) is 6.54 Å². The van der Waals surface area contributed by atoms with Crippen LogP contribution in [0, 0.1) is 10.1 Å². The maximum absolute atomic E-state index is 12.6. The van der Waals surface area contributed by atoms with Gasteiger partial charge in [0.2, 0.25) is 5.75 Å². The van der Waals surface area contributed by atoms with Crippen molar-refractivity contribution < 1.29 is 33.4 Å². The van der Waals surface area contributed by atoms with Crippen molar-refractivity contribution in [3.8, 4) is 28.7 Å². The van der Waals surface area contributed by atoms with Crippen molar-refractivity contribution in [3.05, 3.63) is 45.5 Å². The Morgan fingerprint density at radius 2 is 1.38 bits per heavy atom. The summed E-state index contributed by atoms with van der Waals surface area (Å²) < 4.78 is 26.0. The quantitative estimate of drug-likeness (QED) is 0.499. The van der Waals surface area contributed by atoms with E-state index >= 15 is 0 Å². The number of carbonyl (C=O) groups is 1. The smallest absolute Gasteiger partial charge is 0.286 e. The van der Waals surface area contributed by atoms with Gasteiger partial charge >= 0.3 is 0 Å². The highest BCUT2D eigenvalue weighted by Gasteiger charge is 2.24. The molecule has 10 nitrogen and oxygen atoms in total. The van der Waals surface area contributed by atoms with Gasteiger partial charge in [0.05, 0.1) is 46.5 Å². The highest BCUT2D eigenvalue weighted by molar-refractivity contribution is 5.99. The van der Waals surface area contributed by atoms with Gasteiger partial charge in [0.15, 0.2) is 23.0 Å². The third-order valence-corrected chi connectivity index (χ3v) is 4.12. The fourth-order valence-electron chi connectivity index (χ4n) is 2.72. The van der Waals surface area contributed by atoms with E-state index in [-0.39, 0.29) is 23.6 Å². The molecule has 0 unspecified atom stereocenters. The van der Waals surface area contributed by atoms with Crippen LogP contribution in [0.15, 0.2) is 24.3 Å². The van der Waals surface area contributed by atoms with E-state index in [0.29, 0.717) is 22.8 Å². The summed E-state index contributed by atoms with van der Waals surface area (Å²) in [5, 5.41) is 14.0. The Morgan fingerprint density at radius 3 is 1.83 bits per heavy atom. The first-order chi connectivity index (χ1) is 13.9. The molecule has 0 saturated heterocycles. The van der Waals surface area contributed by atoms with Crippen LogP contribution in [0.1, 0.15) is 15.9 Å². The summed E-state index contributed by atoms with van der Waals surface area (Å²) in [7, 11) is 7.17. The largest absolute Gasteiger partial charge is 0.493 e.